The summed E-state index contributed by atoms with van der Waals surface area (Å²) in [5.74, 6) is 0. The molecule has 1 unspecified atom stereocenters. The molecule has 0 amide bonds. The zero-order chi connectivity index (χ0) is 7.56. The van der Waals surface area contributed by atoms with Gasteiger partial charge in [-0.25, -0.2) is 0 Å². The fraction of sp³-hybridized carbons (Fsp3) is 0.571. The van der Waals surface area contributed by atoms with Crippen molar-refractivity contribution in [2.24, 2.45) is 5.73 Å². The zero-order valence-corrected chi connectivity index (χ0v) is 6.39. The second kappa shape index (κ2) is 2.84. The van der Waals surface area contributed by atoms with Crippen molar-refractivity contribution in [1.82, 2.24) is 10.2 Å². The molecule has 0 fully saturated rings. The summed E-state index contributed by atoms with van der Waals surface area (Å²) in [4.78, 5) is 0. The van der Waals surface area contributed by atoms with Crippen LogP contribution in [0.3, 0.4) is 0 Å². The Morgan fingerprint density at radius 2 is 2.50 bits per heavy atom. The summed E-state index contributed by atoms with van der Waals surface area (Å²) in [7, 11) is 0. The maximum absolute atomic E-state index is 5.67. The highest BCUT2D eigenvalue weighted by molar-refractivity contribution is 5.19. The molecule has 1 aromatic heterocycles. The Labute approximate surface area is 60.6 Å². The molecule has 0 saturated heterocycles. The van der Waals surface area contributed by atoms with Crippen molar-refractivity contribution in [3.05, 3.63) is 17.5 Å². The van der Waals surface area contributed by atoms with Crippen LogP contribution in [0.25, 0.3) is 0 Å². The second-order valence-electron chi connectivity index (χ2n) is 2.45. The van der Waals surface area contributed by atoms with E-state index in [4.69, 9.17) is 5.73 Å². The third-order valence-corrected chi connectivity index (χ3v) is 1.60. The topological polar surface area (TPSA) is 54.7 Å². The van der Waals surface area contributed by atoms with Gasteiger partial charge in [0.15, 0.2) is 0 Å². The van der Waals surface area contributed by atoms with Crippen LogP contribution in [0.15, 0.2) is 6.20 Å². The lowest BCUT2D eigenvalue weighted by atomic mass is 10.1. The molecule has 0 saturated carbocycles. The molecule has 0 aliphatic carbocycles. The lowest BCUT2D eigenvalue weighted by Crippen LogP contribution is -2.06. The first-order chi connectivity index (χ1) is 4.75. The second-order valence-corrected chi connectivity index (χ2v) is 2.45. The fourth-order valence-electron chi connectivity index (χ4n) is 0.998. The van der Waals surface area contributed by atoms with Crippen LogP contribution in [0.4, 0.5) is 0 Å². The van der Waals surface area contributed by atoms with E-state index in [-0.39, 0.29) is 6.04 Å². The summed E-state index contributed by atoms with van der Waals surface area (Å²) < 4.78 is 0. The lowest BCUT2D eigenvalue weighted by Gasteiger charge is -2.02. The van der Waals surface area contributed by atoms with E-state index in [1.54, 1.807) is 6.20 Å². The van der Waals surface area contributed by atoms with Crippen LogP contribution in [0.1, 0.15) is 31.1 Å². The number of nitrogens with two attached hydrogens (primary N) is 1. The first-order valence-electron chi connectivity index (χ1n) is 3.53. The highest BCUT2D eigenvalue weighted by Gasteiger charge is 2.05. The van der Waals surface area contributed by atoms with E-state index in [2.05, 4.69) is 17.1 Å². The molecule has 1 rings (SSSR count). The molecule has 0 aromatic carbocycles. The molecule has 1 heterocycles. The lowest BCUT2D eigenvalue weighted by molar-refractivity contribution is 0.799. The van der Waals surface area contributed by atoms with Gasteiger partial charge < -0.3 is 5.73 Å². The monoisotopic (exact) mass is 139 g/mol. The molecular formula is C7H13N3. The zero-order valence-electron chi connectivity index (χ0n) is 6.39. The maximum Gasteiger partial charge on any atom is 0.0537 e. The van der Waals surface area contributed by atoms with Gasteiger partial charge in [0.25, 0.3) is 0 Å². The first kappa shape index (κ1) is 7.28. The molecule has 0 spiro atoms. The Bertz CT molecular complexity index is 202. The molecule has 0 radical (unpaired) electrons. The van der Waals surface area contributed by atoms with Crippen LogP contribution in [-0.4, -0.2) is 10.2 Å². The molecule has 1 aromatic rings. The smallest absolute Gasteiger partial charge is 0.0537 e. The van der Waals surface area contributed by atoms with E-state index >= 15 is 0 Å². The fourth-order valence-corrected chi connectivity index (χ4v) is 0.998. The molecular weight excluding hydrogens is 126 g/mol. The highest BCUT2D eigenvalue weighted by Crippen LogP contribution is 2.12. The number of hydrogen-bond acceptors (Lipinski definition) is 2. The molecule has 3 heteroatoms. The summed E-state index contributed by atoms with van der Waals surface area (Å²) >= 11 is 0. The van der Waals surface area contributed by atoms with Crippen molar-refractivity contribution < 1.29 is 0 Å². The summed E-state index contributed by atoms with van der Waals surface area (Å²) in [6.07, 6.45) is 2.76. The third kappa shape index (κ3) is 1.19. The van der Waals surface area contributed by atoms with Gasteiger partial charge in [-0.3, -0.25) is 5.10 Å². The number of aromatic nitrogens is 2. The van der Waals surface area contributed by atoms with Gasteiger partial charge in [0.2, 0.25) is 0 Å². The Morgan fingerprint density at radius 3 is 2.90 bits per heavy atom. The largest absolute Gasteiger partial charge is 0.324 e. The molecule has 10 heavy (non-hydrogen) atoms. The number of H-pyrrole nitrogens is 1. The van der Waals surface area contributed by atoms with E-state index in [9.17, 15) is 0 Å². The summed E-state index contributed by atoms with van der Waals surface area (Å²) in [6.45, 7) is 4.05. The minimum atomic E-state index is 0.0914. The molecule has 3 nitrogen and oxygen atoms in total. The van der Waals surface area contributed by atoms with Crippen molar-refractivity contribution >= 4 is 0 Å². The molecule has 3 N–H and O–H groups in total. The predicted octanol–water partition coefficient (Wildman–Crippen LogP) is 0.992. The minimum Gasteiger partial charge on any atom is -0.324 e. The Hall–Kier alpha value is -0.830. The number of nitrogens with one attached hydrogen (secondary N) is 1. The number of hydrogen-bond donors (Lipinski definition) is 2. The first-order valence-corrected chi connectivity index (χ1v) is 3.53. The SMILES string of the molecule is CCc1[nH]ncc1C(C)N. The Morgan fingerprint density at radius 1 is 1.80 bits per heavy atom. The van der Waals surface area contributed by atoms with Gasteiger partial charge in [-0.1, -0.05) is 6.92 Å². The standard InChI is InChI=1S/C7H13N3/c1-3-7-6(5(2)8)4-9-10-7/h4-5H,3,8H2,1-2H3,(H,9,10). The molecule has 0 aliphatic heterocycles. The van der Waals surface area contributed by atoms with Crippen LogP contribution in [0.5, 0.6) is 0 Å². The van der Waals surface area contributed by atoms with Crippen molar-refractivity contribution in [2.45, 2.75) is 26.3 Å². The van der Waals surface area contributed by atoms with Crippen LogP contribution in [0.2, 0.25) is 0 Å². The van der Waals surface area contributed by atoms with Crippen molar-refractivity contribution in [3.63, 3.8) is 0 Å². The third-order valence-electron chi connectivity index (χ3n) is 1.60. The van der Waals surface area contributed by atoms with Gasteiger partial charge in [-0.2, -0.15) is 5.10 Å². The van der Waals surface area contributed by atoms with E-state index in [1.807, 2.05) is 6.92 Å². The van der Waals surface area contributed by atoms with E-state index in [1.165, 1.54) is 0 Å². The van der Waals surface area contributed by atoms with Gasteiger partial charge in [-0.15, -0.1) is 0 Å². The average molecular weight is 139 g/mol. The molecule has 0 aliphatic rings. The minimum absolute atomic E-state index is 0.0914. The number of rotatable bonds is 2. The van der Waals surface area contributed by atoms with E-state index in [0.717, 1.165) is 17.7 Å². The van der Waals surface area contributed by atoms with Gasteiger partial charge in [-0.05, 0) is 13.3 Å². The van der Waals surface area contributed by atoms with Crippen LogP contribution in [-0.2, 0) is 6.42 Å². The molecule has 56 valence electrons. The van der Waals surface area contributed by atoms with Crippen molar-refractivity contribution in [1.29, 1.82) is 0 Å². The van der Waals surface area contributed by atoms with E-state index in [0.29, 0.717) is 0 Å². The normalized spacial score (nSPS) is 13.5. The quantitative estimate of drug-likeness (QED) is 0.642. The molecule has 0 bridgehead atoms. The molecule has 1 atom stereocenters. The highest BCUT2D eigenvalue weighted by atomic mass is 15.1. The number of nitrogens with zero attached hydrogens (tertiary/aromatic N) is 1. The van der Waals surface area contributed by atoms with E-state index < -0.39 is 0 Å². The number of aromatic amines is 1. The van der Waals surface area contributed by atoms with Gasteiger partial charge >= 0.3 is 0 Å². The number of aryl methyl sites for hydroxylation is 1. The Balaban J connectivity index is 2.90. The maximum atomic E-state index is 5.67. The predicted molar refractivity (Wildman–Crippen MR) is 40.6 cm³/mol. The van der Waals surface area contributed by atoms with Gasteiger partial charge in [0.1, 0.15) is 0 Å². The van der Waals surface area contributed by atoms with Crippen molar-refractivity contribution in [3.8, 4) is 0 Å². The Kier molecular flexibility index (Phi) is 2.06. The van der Waals surface area contributed by atoms with Crippen LogP contribution < -0.4 is 5.73 Å². The summed E-state index contributed by atoms with van der Waals surface area (Å²) in [5.41, 5.74) is 7.95. The van der Waals surface area contributed by atoms with Gasteiger partial charge in [0, 0.05) is 17.3 Å². The van der Waals surface area contributed by atoms with Crippen LogP contribution in [0, 0.1) is 0 Å². The van der Waals surface area contributed by atoms with Crippen molar-refractivity contribution in [2.75, 3.05) is 0 Å². The van der Waals surface area contributed by atoms with Crippen LogP contribution >= 0.6 is 0 Å². The average Bonchev–Trinajstić information content (AvgIpc) is 2.33. The summed E-state index contributed by atoms with van der Waals surface area (Å²) in [6, 6.07) is 0.0914. The van der Waals surface area contributed by atoms with Gasteiger partial charge in [0.05, 0.1) is 6.20 Å². The summed E-state index contributed by atoms with van der Waals surface area (Å²) in [5, 5.41) is 6.82.